The Labute approximate surface area is 204 Å². The Morgan fingerprint density at radius 3 is 2.31 bits per heavy atom. The van der Waals surface area contributed by atoms with Crippen molar-refractivity contribution in [1.82, 2.24) is 0 Å². The zero-order valence-corrected chi connectivity index (χ0v) is 20.3. The smallest absolute Gasteiger partial charge is 0.261 e. The molecule has 4 rings (SSSR count). The van der Waals surface area contributed by atoms with E-state index in [1.165, 1.54) is 31.2 Å². The quantitative estimate of drug-likeness (QED) is 0.416. The molecule has 1 aliphatic rings. The highest BCUT2D eigenvalue weighted by atomic mass is 32.2. The van der Waals surface area contributed by atoms with Crippen LogP contribution in [-0.2, 0) is 14.8 Å². The van der Waals surface area contributed by atoms with Crippen molar-refractivity contribution in [3.8, 4) is 11.5 Å². The summed E-state index contributed by atoms with van der Waals surface area (Å²) < 4.78 is 33.7. The van der Waals surface area contributed by atoms with Gasteiger partial charge >= 0.3 is 0 Å². The number of amides is 1. The van der Waals surface area contributed by atoms with Crippen LogP contribution in [0, 0.1) is 0 Å². The summed E-state index contributed by atoms with van der Waals surface area (Å²) in [5, 5.41) is 13.2. The number of anilines is 2. The van der Waals surface area contributed by atoms with Crippen LogP contribution in [0.5, 0.6) is 11.5 Å². The molecule has 180 valence electrons. The fourth-order valence-corrected chi connectivity index (χ4v) is 4.52. The molecule has 0 aliphatic carbocycles. The Hall–Kier alpha value is -4.11. The zero-order chi connectivity index (χ0) is 25.2. The Balaban J connectivity index is 1.45. The number of nitrogens with one attached hydrogen (secondary N) is 2. The molecule has 35 heavy (non-hydrogen) atoms. The van der Waals surface area contributed by atoms with E-state index in [9.17, 15) is 18.3 Å². The van der Waals surface area contributed by atoms with Gasteiger partial charge < -0.3 is 15.2 Å². The minimum Gasteiger partial charge on any atom is -0.506 e. The molecule has 0 saturated heterocycles. The molecule has 1 amide bonds. The maximum Gasteiger partial charge on any atom is 0.261 e. The third-order valence-corrected chi connectivity index (χ3v) is 6.59. The van der Waals surface area contributed by atoms with Crippen molar-refractivity contribution in [3.05, 3.63) is 77.9 Å². The molecule has 9 heteroatoms. The molecule has 0 saturated carbocycles. The van der Waals surface area contributed by atoms with E-state index in [0.29, 0.717) is 33.9 Å². The van der Waals surface area contributed by atoms with Gasteiger partial charge in [-0.1, -0.05) is 0 Å². The van der Waals surface area contributed by atoms with E-state index < -0.39 is 15.6 Å². The molecule has 0 atom stereocenters. The number of aromatic hydroxyl groups is 1. The minimum atomic E-state index is -3.80. The number of aliphatic imine (C=N–C) groups is 1. The summed E-state index contributed by atoms with van der Waals surface area (Å²) >= 11 is 0. The number of carbonyl (C=O) groups is 1. The van der Waals surface area contributed by atoms with Crippen LogP contribution in [0.3, 0.4) is 0 Å². The molecule has 1 aliphatic heterocycles. The van der Waals surface area contributed by atoms with Crippen molar-refractivity contribution < 1.29 is 23.1 Å². The van der Waals surface area contributed by atoms with Gasteiger partial charge in [0.25, 0.3) is 10.0 Å². The van der Waals surface area contributed by atoms with Crippen LogP contribution in [0.25, 0.3) is 6.08 Å². The topological polar surface area (TPSA) is 117 Å². The molecule has 1 heterocycles. The van der Waals surface area contributed by atoms with E-state index in [0.717, 1.165) is 0 Å². The van der Waals surface area contributed by atoms with Gasteiger partial charge in [0, 0.05) is 30.1 Å². The third-order valence-electron chi connectivity index (χ3n) is 5.19. The van der Waals surface area contributed by atoms with Crippen LogP contribution in [0.2, 0.25) is 0 Å². The number of benzene rings is 3. The standard InChI is InChI=1S/C26H25N3O5S/c1-17(30)28-20-9-11-22(12-10-20)35(32,33)29-21-7-5-19(6-8-21)27-16-18-4-13-24-23(25(18)31)14-15-26(2,3)34-24/h4-16,29,31H,1-3H3,(H,28,30). The number of sulfonamides is 1. The molecular formula is C26H25N3O5S. The predicted molar refractivity (Wildman–Crippen MR) is 137 cm³/mol. The highest BCUT2D eigenvalue weighted by Crippen LogP contribution is 2.38. The summed E-state index contributed by atoms with van der Waals surface area (Å²) in [7, 11) is -3.80. The minimum absolute atomic E-state index is 0.0676. The van der Waals surface area contributed by atoms with Crippen molar-refractivity contribution in [1.29, 1.82) is 0 Å². The van der Waals surface area contributed by atoms with Crippen molar-refractivity contribution in [2.75, 3.05) is 10.0 Å². The lowest BCUT2D eigenvalue weighted by Crippen LogP contribution is -2.27. The monoisotopic (exact) mass is 491 g/mol. The Morgan fingerprint density at radius 2 is 1.66 bits per heavy atom. The van der Waals surface area contributed by atoms with Gasteiger partial charge in [0.15, 0.2) is 0 Å². The fourth-order valence-electron chi connectivity index (χ4n) is 3.46. The van der Waals surface area contributed by atoms with Gasteiger partial charge in [0.05, 0.1) is 16.1 Å². The first-order chi connectivity index (χ1) is 16.5. The van der Waals surface area contributed by atoms with Crippen molar-refractivity contribution >= 4 is 45.3 Å². The molecule has 0 aromatic heterocycles. The van der Waals surface area contributed by atoms with E-state index in [2.05, 4.69) is 15.0 Å². The van der Waals surface area contributed by atoms with Gasteiger partial charge in [0.1, 0.15) is 17.1 Å². The second-order valence-corrected chi connectivity index (χ2v) is 10.3. The van der Waals surface area contributed by atoms with Crippen molar-refractivity contribution in [2.24, 2.45) is 4.99 Å². The second kappa shape index (κ2) is 9.27. The van der Waals surface area contributed by atoms with Crippen LogP contribution in [0.15, 0.2) is 76.6 Å². The number of phenols is 1. The van der Waals surface area contributed by atoms with Crippen molar-refractivity contribution in [2.45, 2.75) is 31.3 Å². The van der Waals surface area contributed by atoms with E-state index in [4.69, 9.17) is 4.74 Å². The van der Waals surface area contributed by atoms with Crippen molar-refractivity contribution in [3.63, 3.8) is 0 Å². The maximum atomic E-state index is 12.7. The summed E-state index contributed by atoms with van der Waals surface area (Å²) in [6.45, 7) is 5.25. The number of carbonyl (C=O) groups excluding carboxylic acids is 1. The van der Waals surface area contributed by atoms with E-state index >= 15 is 0 Å². The third kappa shape index (κ3) is 5.70. The van der Waals surface area contributed by atoms with Crippen LogP contribution in [-0.4, -0.2) is 31.2 Å². The largest absolute Gasteiger partial charge is 0.506 e. The zero-order valence-electron chi connectivity index (χ0n) is 19.4. The number of rotatable bonds is 6. The number of phenolic OH excluding ortho intramolecular Hbond substituents is 1. The summed E-state index contributed by atoms with van der Waals surface area (Å²) in [6.07, 6.45) is 5.26. The molecule has 8 nitrogen and oxygen atoms in total. The summed E-state index contributed by atoms with van der Waals surface area (Å²) in [6, 6.07) is 15.9. The SMILES string of the molecule is CC(=O)Nc1ccc(S(=O)(=O)Nc2ccc(N=Cc3ccc4c(c3O)C=CC(C)(C)O4)cc2)cc1. The number of nitrogens with zero attached hydrogens (tertiary/aromatic N) is 1. The lowest BCUT2D eigenvalue weighted by Gasteiger charge is -2.28. The van der Waals surface area contributed by atoms with Gasteiger partial charge in [-0.3, -0.25) is 14.5 Å². The van der Waals surface area contributed by atoms with E-state index in [-0.39, 0.29) is 16.6 Å². The Morgan fingerprint density at radius 1 is 1.00 bits per heavy atom. The van der Waals surface area contributed by atoms with Gasteiger partial charge in [-0.2, -0.15) is 0 Å². The Kier molecular flexibility index (Phi) is 6.36. The van der Waals surface area contributed by atoms with E-state index in [1.54, 1.807) is 42.6 Å². The summed E-state index contributed by atoms with van der Waals surface area (Å²) in [5.41, 5.74) is 2.16. The van der Waals surface area contributed by atoms with E-state index in [1.807, 2.05) is 26.0 Å². The lowest BCUT2D eigenvalue weighted by molar-refractivity contribution is -0.114. The first kappa shape index (κ1) is 24.0. The molecule has 3 aromatic rings. The first-order valence-electron chi connectivity index (χ1n) is 10.8. The molecule has 0 spiro atoms. The van der Waals surface area contributed by atoms with Gasteiger partial charge in [0.2, 0.25) is 5.91 Å². The average Bonchev–Trinajstić information content (AvgIpc) is 2.79. The number of ether oxygens (including phenoxy) is 1. The van der Waals surface area contributed by atoms with Crippen LogP contribution >= 0.6 is 0 Å². The highest BCUT2D eigenvalue weighted by molar-refractivity contribution is 7.92. The predicted octanol–water partition coefficient (Wildman–Crippen LogP) is 5.09. The molecular weight excluding hydrogens is 466 g/mol. The number of hydrogen-bond acceptors (Lipinski definition) is 6. The van der Waals surface area contributed by atoms with Crippen LogP contribution in [0.1, 0.15) is 31.9 Å². The molecule has 3 N–H and O–H groups in total. The first-order valence-corrected chi connectivity index (χ1v) is 12.3. The maximum absolute atomic E-state index is 12.7. The number of fused-ring (bicyclic) bond motifs is 1. The highest BCUT2D eigenvalue weighted by Gasteiger charge is 2.24. The lowest BCUT2D eigenvalue weighted by atomic mass is 10.00. The number of hydrogen-bond donors (Lipinski definition) is 3. The van der Waals surface area contributed by atoms with Gasteiger partial charge in [-0.15, -0.1) is 0 Å². The summed E-state index contributed by atoms with van der Waals surface area (Å²) in [4.78, 5) is 15.6. The molecule has 0 fully saturated rings. The molecule has 0 bridgehead atoms. The molecule has 0 unspecified atom stereocenters. The van der Waals surface area contributed by atoms with Gasteiger partial charge in [-0.05, 0) is 86.7 Å². The average molecular weight is 492 g/mol. The molecule has 0 radical (unpaired) electrons. The summed E-state index contributed by atoms with van der Waals surface area (Å²) in [5.74, 6) is 0.443. The molecule has 3 aromatic carbocycles. The van der Waals surface area contributed by atoms with Crippen LogP contribution < -0.4 is 14.8 Å². The van der Waals surface area contributed by atoms with Crippen LogP contribution in [0.4, 0.5) is 17.1 Å². The van der Waals surface area contributed by atoms with Gasteiger partial charge in [-0.25, -0.2) is 8.42 Å². The normalized spacial score (nSPS) is 14.3. The fraction of sp³-hybridized carbons (Fsp3) is 0.154. The second-order valence-electron chi connectivity index (χ2n) is 8.57. The Bertz CT molecular complexity index is 1430.